The van der Waals surface area contributed by atoms with Gasteiger partial charge in [-0.3, -0.25) is 23.5 Å². The third kappa shape index (κ3) is 14.3. The molecular weight excluding hydrogens is 920 g/mol. The van der Waals surface area contributed by atoms with Crippen LogP contribution in [0.3, 0.4) is 0 Å². The number of carboxylic acids is 2. The zero-order valence-electron chi connectivity index (χ0n) is 32.2. The van der Waals surface area contributed by atoms with Crippen LogP contribution in [0.5, 0.6) is 0 Å². The fourth-order valence-electron chi connectivity index (χ4n) is 4.76. The van der Waals surface area contributed by atoms with Gasteiger partial charge in [0, 0.05) is 37.4 Å². The number of halogens is 9. The summed E-state index contributed by atoms with van der Waals surface area (Å²) in [7, 11) is -2.21. The van der Waals surface area contributed by atoms with E-state index in [2.05, 4.69) is 5.10 Å². The maximum absolute atomic E-state index is 14.1. The first-order chi connectivity index (χ1) is 27.9. The highest BCUT2D eigenvalue weighted by atomic mass is 35.5. The van der Waals surface area contributed by atoms with Crippen LogP contribution < -0.4 is 22.7 Å². The van der Waals surface area contributed by atoms with Gasteiger partial charge in [0.1, 0.15) is 28.6 Å². The van der Waals surface area contributed by atoms with E-state index < -0.39 is 89.7 Å². The second-order valence-corrected chi connectivity index (χ2v) is 16.9. The maximum Gasteiger partial charge on any atom is 0.431 e. The van der Waals surface area contributed by atoms with Gasteiger partial charge in [-0.2, -0.15) is 26.6 Å². The van der Waals surface area contributed by atoms with Crippen LogP contribution in [0.4, 0.5) is 26.3 Å². The molecule has 0 spiro atoms. The lowest BCUT2D eigenvalue weighted by Gasteiger charge is -2.15. The van der Waals surface area contributed by atoms with E-state index in [0.717, 1.165) is 32.2 Å². The molecule has 0 amide bonds. The number of carbonyl (C=O) groups excluding carboxylic acids is 1. The average molecular weight is 956 g/mol. The van der Waals surface area contributed by atoms with Gasteiger partial charge >= 0.3 is 42.0 Å². The Bertz CT molecular complexity index is 2500. The summed E-state index contributed by atoms with van der Waals surface area (Å²) in [5, 5.41) is 19.3. The predicted molar refractivity (Wildman–Crippen MR) is 208 cm³/mol. The second-order valence-electron chi connectivity index (χ2n) is 13.0. The highest BCUT2D eigenvalue weighted by Crippen LogP contribution is 2.35. The Balaban J connectivity index is 0.000000340. The summed E-state index contributed by atoms with van der Waals surface area (Å²) in [4.78, 5) is 78.1. The first kappa shape index (κ1) is 52.2. The number of carbonyl (C=O) groups is 3. The monoisotopic (exact) mass is 954 g/mol. The summed E-state index contributed by atoms with van der Waals surface area (Å²) < 4.78 is 95.5. The molecule has 336 valence electrons. The largest absolute Gasteiger partial charge is 0.480 e. The van der Waals surface area contributed by atoms with E-state index in [1.807, 2.05) is 0 Å². The van der Waals surface area contributed by atoms with Crippen LogP contribution in [0.1, 0.15) is 54.3 Å². The van der Waals surface area contributed by atoms with Gasteiger partial charge in [-0.15, -0.1) is 16.7 Å². The minimum Gasteiger partial charge on any atom is -0.480 e. The number of aromatic nitrogens is 5. The van der Waals surface area contributed by atoms with Crippen LogP contribution >= 0.6 is 42.2 Å². The summed E-state index contributed by atoms with van der Waals surface area (Å²) in [6.07, 6.45) is -5.56. The topological polar surface area (TPSA) is 248 Å². The molecule has 0 aliphatic heterocycles. The normalized spacial score (nSPS) is 13.3. The predicted octanol–water partition coefficient (Wildman–Crippen LogP) is 5.23. The van der Waals surface area contributed by atoms with Gasteiger partial charge in [0.25, 0.3) is 5.56 Å². The summed E-state index contributed by atoms with van der Waals surface area (Å²) >= 11 is 17.4. The van der Waals surface area contributed by atoms with E-state index in [1.165, 1.54) is 18.8 Å². The molecule has 61 heavy (non-hydrogen) atoms. The lowest BCUT2D eigenvalue weighted by atomic mass is 10.1. The molecule has 3 atom stereocenters. The third-order valence-electron chi connectivity index (χ3n) is 7.74. The van der Waals surface area contributed by atoms with E-state index in [9.17, 15) is 59.7 Å². The third-order valence-corrected chi connectivity index (χ3v) is 9.85. The second kappa shape index (κ2) is 21.2. The van der Waals surface area contributed by atoms with Crippen molar-refractivity contribution >= 4 is 60.1 Å². The van der Waals surface area contributed by atoms with Crippen molar-refractivity contribution in [3.63, 3.8) is 0 Å². The maximum atomic E-state index is 14.1. The molecule has 2 heterocycles. The fraction of sp³-hybridized carbons (Fsp3) is 0.382. The number of hydrogen-bond donors (Lipinski definition) is 4. The Hall–Kier alpha value is -4.93. The van der Waals surface area contributed by atoms with Crippen LogP contribution in [0.25, 0.3) is 11.4 Å². The van der Waals surface area contributed by atoms with Crippen molar-refractivity contribution in [2.75, 3.05) is 12.8 Å². The molecule has 0 bridgehead atoms. The Morgan fingerprint density at radius 3 is 2.05 bits per heavy atom. The highest BCUT2D eigenvalue weighted by molar-refractivity contribution is 7.57. The van der Waals surface area contributed by atoms with E-state index in [4.69, 9.17) is 60.4 Å². The number of rotatable bonds is 12. The smallest absolute Gasteiger partial charge is 0.431 e. The van der Waals surface area contributed by atoms with Crippen molar-refractivity contribution in [2.24, 2.45) is 12.8 Å². The molecule has 2 aromatic heterocycles. The lowest BCUT2D eigenvalue weighted by molar-refractivity contribution is -0.144. The minimum atomic E-state index is -4.86. The van der Waals surface area contributed by atoms with Crippen molar-refractivity contribution in [1.29, 1.82) is 0 Å². The number of alkyl halides is 6. The van der Waals surface area contributed by atoms with Crippen molar-refractivity contribution in [3.05, 3.63) is 106 Å². The molecule has 0 aliphatic rings. The number of nitrogens with zero attached hydrogens (tertiary/aromatic N) is 5. The number of esters is 1. The SMILES string of the molecule is CC(C)OC(=O)c1cc(-n2c(=O)cc(C(F)(F)F)n(C)c2=O)ccc1Cl.CP(=O)(O)CCC(N)C(=O)O.Cc1nn(-c2cc(CC(Cl)C(=O)O)c(Cl)cc2F)c(=O)n1C(F)F. The summed E-state index contributed by atoms with van der Waals surface area (Å²) in [5.74, 6) is -4.53. The molecule has 2 aromatic carbocycles. The number of hydrogen-bond acceptors (Lipinski definition) is 10. The van der Waals surface area contributed by atoms with Gasteiger partial charge in [-0.25, -0.2) is 27.9 Å². The average Bonchev–Trinajstić information content (AvgIpc) is 3.42. The number of nitrogens with two attached hydrogens (primary N) is 1. The van der Waals surface area contributed by atoms with E-state index in [-0.39, 0.29) is 56.3 Å². The molecule has 4 aromatic rings. The minimum absolute atomic E-state index is 0.0104. The molecule has 3 unspecified atom stereocenters. The molecule has 27 heteroatoms. The Morgan fingerprint density at radius 1 is 0.984 bits per heavy atom. The summed E-state index contributed by atoms with van der Waals surface area (Å²) in [5.41, 5.74) is -0.457. The Morgan fingerprint density at radius 2 is 1.57 bits per heavy atom. The lowest BCUT2D eigenvalue weighted by Crippen LogP contribution is -2.40. The van der Waals surface area contributed by atoms with Crippen molar-refractivity contribution in [3.8, 4) is 11.4 Å². The Labute approximate surface area is 354 Å². The van der Waals surface area contributed by atoms with Crippen LogP contribution in [-0.4, -0.2) is 86.8 Å². The van der Waals surface area contributed by atoms with Crippen LogP contribution in [0, 0.1) is 12.7 Å². The molecule has 0 fully saturated rings. The first-order valence-corrected chi connectivity index (χ1v) is 20.4. The van der Waals surface area contributed by atoms with Gasteiger partial charge in [0.15, 0.2) is 13.2 Å². The molecule has 5 N–H and O–H groups in total. The van der Waals surface area contributed by atoms with Gasteiger partial charge in [0.2, 0.25) is 0 Å². The highest BCUT2D eigenvalue weighted by Gasteiger charge is 2.35. The number of carboxylic acid groups (broad SMARTS) is 2. The first-order valence-electron chi connectivity index (χ1n) is 16.9. The summed E-state index contributed by atoms with van der Waals surface area (Å²) in [6.45, 7) is 2.44. The van der Waals surface area contributed by atoms with Crippen molar-refractivity contribution in [1.82, 2.24) is 23.5 Å². The van der Waals surface area contributed by atoms with E-state index in [0.29, 0.717) is 19.9 Å². The van der Waals surface area contributed by atoms with Crippen molar-refractivity contribution in [2.45, 2.75) is 63.9 Å². The van der Waals surface area contributed by atoms with Crippen LogP contribution in [0.15, 0.2) is 50.8 Å². The molecule has 0 radical (unpaired) electrons. The molecule has 17 nitrogen and oxygen atoms in total. The number of aliphatic carboxylic acids is 2. The molecule has 4 rings (SSSR count). The Kier molecular flexibility index (Phi) is 18.2. The van der Waals surface area contributed by atoms with E-state index in [1.54, 1.807) is 13.8 Å². The fourth-order valence-corrected chi connectivity index (χ4v) is 6.11. The number of benzene rings is 2. The molecule has 0 saturated heterocycles. The van der Waals surface area contributed by atoms with Crippen LogP contribution in [-0.2, 0) is 38.5 Å². The van der Waals surface area contributed by atoms with Gasteiger partial charge in [-0.1, -0.05) is 23.2 Å². The number of ether oxygens (including phenoxy) is 1. The van der Waals surface area contributed by atoms with E-state index >= 15 is 0 Å². The van der Waals surface area contributed by atoms with Gasteiger partial charge in [-0.05, 0) is 63.1 Å². The van der Waals surface area contributed by atoms with Gasteiger partial charge < -0.3 is 25.6 Å². The number of aryl methyl sites for hydroxylation is 1. The zero-order chi connectivity index (χ0) is 47.1. The van der Waals surface area contributed by atoms with Gasteiger partial charge in [0.05, 0.1) is 22.4 Å². The summed E-state index contributed by atoms with van der Waals surface area (Å²) in [6, 6.07) is 4.77. The molecular formula is C34H36Cl3F6N6O11P. The molecule has 0 aliphatic carbocycles. The van der Waals surface area contributed by atoms with Crippen LogP contribution in [0.2, 0.25) is 10.0 Å². The standard InChI is InChI=1S/C16H14ClF3N2O4.C13H10Cl2F3N3O3.C5H12NO4P/c1-8(2)26-14(24)10-6-9(4-5-11(10)17)22-13(23)7-12(16(18,19)20)21(3)15(22)25;1-5-19-21(13(24)20(5)12(17)18)10-3-6(2-8(15)11(22)23)7(14)4-9(10)16;1-11(9,10)3-2-4(6)5(7)8/h4-8H,1-3H3;3-4,8,12H,2H2,1H3,(H,22,23);4H,2-3,6H2,1H3,(H,7,8)(H,9,10). The van der Waals surface area contributed by atoms with Crippen molar-refractivity contribution < 1.29 is 65.1 Å². The zero-order valence-corrected chi connectivity index (χ0v) is 35.3. The molecule has 0 saturated carbocycles. The quantitative estimate of drug-likeness (QED) is 0.0616.